The van der Waals surface area contributed by atoms with Crippen molar-refractivity contribution in [2.24, 2.45) is 0 Å². The van der Waals surface area contributed by atoms with Crippen LogP contribution in [0, 0.1) is 0 Å². The Bertz CT molecular complexity index is 135. The summed E-state index contributed by atoms with van der Waals surface area (Å²) in [5, 5.41) is 3.28. The van der Waals surface area contributed by atoms with Crippen molar-refractivity contribution in [2.45, 2.75) is 31.7 Å². The smallest absolute Gasteiger partial charge is 0.157 e. The summed E-state index contributed by atoms with van der Waals surface area (Å²) in [4.78, 5) is 0. The van der Waals surface area contributed by atoms with Crippen LogP contribution < -0.4 is 5.32 Å². The summed E-state index contributed by atoms with van der Waals surface area (Å²) in [6.07, 6.45) is 3.62. The SMILES string of the molecule is C1CCC(OCC2CNCCO2)OC1. The molecule has 0 aromatic heterocycles. The standard InChI is InChI=1S/C10H19NO3/c1-2-5-13-10(3-1)14-8-9-7-11-4-6-12-9/h9-11H,1-8H2. The molecule has 0 aromatic carbocycles. The molecule has 2 aliphatic heterocycles. The summed E-state index contributed by atoms with van der Waals surface area (Å²) < 4.78 is 16.6. The summed E-state index contributed by atoms with van der Waals surface area (Å²) in [6, 6.07) is 0. The van der Waals surface area contributed by atoms with Crippen LogP contribution in [-0.2, 0) is 14.2 Å². The summed E-state index contributed by atoms with van der Waals surface area (Å²) in [6.45, 7) is 4.13. The van der Waals surface area contributed by atoms with Crippen molar-refractivity contribution in [2.75, 3.05) is 32.9 Å². The van der Waals surface area contributed by atoms with Crippen molar-refractivity contribution in [3.8, 4) is 0 Å². The van der Waals surface area contributed by atoms with Crippen molar-refractivity contribution in [1.29, 1.82) is 0 Å². The fraction of sp³-hybridized carbons (Fsp3) is 1.00. The Morgan fingerprint density at radius 1 is 1.21 bits per heavy atom. The molecular formula is C10H19NO3. The molecule has 2 heterocycles. The highest BCUT2D eigenvalue weighted by Crippen LogP contribution is 2.14. The lowest BCUT2D eigenvalue weighted by atomic mass is 10.2. The van der Waals surface area contributed by atoms with Gasteiger partial charge in [-0.2, -0.15) is 0 Å². The summed E-state index contributed by atoms with van der Waals surface area (Å²) >= 11 is 0. The first-order valence-corrected chi connectivity index (χ1v) is 5.50. The highest BCUT2D eigenvalue weighted by molar-refractivity contribution is 4.66. The Morgan fingerprint density at radius 2 is 2.21 bits per heavy atom. The van der Waals surface area contributed by atoms with Crippen LogP contribution in [0.4, 0.5) is 0 Å². The minimum atomic E-state index is 0.00859. The van der Waals surface area contributed by atoms with Gasteiger partial charge in [0.15, 0.2) is 6.29 Å². The second-order valence-electron chi connectivity index (χ2n) is 3.83. The van der Waals surface area contributed by atoms with Crippen LogP contribution in [0.5, 0.6) is 0 Å². The van der Waals surface area contributed by atoms with Crippen molar-refractivity contribution in [3.05, 3.63) is 0 Å². The van der Waals surface area contributed by atoms with Gasteiger partial charge in [-0.3, -0.25) is 0 Å². The molecule has 2 rings (SSSR count). The molecule has 4 nitrogen and oxygen atoms in total. The molecule has 82 valence electrons. The number of hydrogen-bond donors (Lipinski definition) is 1. The van der Waals surface area contributed by atoms with Gasteiger partial charge in [-0.05, 0) is 19.3 Å². The number of hydrogen-bond acceptors (Lipinski definition) is 4. The number of rotatable bonds is 3. The van der Waals surface area contributed by atoms with E-state index in [-0.39, 0.29) is 12.4 Å². The predicted octanol–water partition coefficient (Wildman–Crippen LogP) is 0.518. The van der Waals surface area contributed by atoms with Crippen molar-refractivity contribution in [1.82, 2.24) is 5.32 Å². The maximum atomic E-state index is 5.64. The molecule has 2 unspecified atom stereocenters. The quantitative estimate of drug-likeness (QED) is 0.722. The molecule has 0 aliphatic carbocycles. The first-order valence-electron chi connectivity index (χ1n) is 5.50. The Hall–Kier alpha value is -0.160. The van der Waals surface area contributed by atoms with Gasteiger partial charge in [0.2, 0.25) is 0 Å². The van der Waals surface area contributed by atoms with Gasteiger partial charge in [0.05, 0.1) is 19.3 Å². The lowest BCUT2D eigenvalue weighted by Gasteiger charge is -2.27. The average Bonchev–Trinajstić information content (AvgIpc) is 2.29. The van der Waals surface area contributed by atoms with E-state index >= 15 is 0 Å². The first kappa shape index (κ1) is 10.4. The maximum Gasteiger partial charge on any atom is 0.157 e. The van der Waals surface area contributed by atoms with Gasteiger partial charge >= 0.3 is 0 Å². The number of morpholine rings is 1. The summed E-state index contributed by atoms with van der Waals surface area (Å²) in [7, 11) is 0. The molecule has 0 bridgehead atoms. The Labute approximate surface area is 84.9 Å². The monoisotopic (exact) mass is 201 g/mol. The van der Waals surface area contributed by atoms with E-state index in [2.05, 4.69) is 5.32 Å². The first-order chi connectivity index (χ1) is 6.95. The lowest BCUT2D eigenvalue weighted by molar-refractivity contribution is -0.181. The minimum Gasteiger partial charge on any atom is -0.373 e. The van der Waals surface area contributed by atoms with Crippen LogP contribution in [0.3, 0.4) is 0 Å². The molecule has 2 fully saturated rings. The largest absolute Gasteiger partial charge is 0.373 e. The van der Waals surface area contributed by atoms with Gasteiger partial charge in [-0.15, -0.1) is 0 Å². The van der Waals surface area contributed by atoms with E-state index in [9.17, 15) is 0 Å². The van der Waals surface area contributed by atoms with E-state index in [0.29, 0.717) is 6.61 Å². The molecule has 2 saturated heterocycles. The molecule has 4 heteroatoms. The molecule has 2 aliphatic rings. The third-order valence-corrected chi connectivity index (χ3v) is 2.61. The normalized spacial score (nSPS) is 34.3. The number of ether oxygens (including phenoxy) is 3. The third-order valence-electron chi connectivity index (χ3n) is 2.61. The molecule has 0 radical (unpaired) electrons. The Balaban J connectivity index is 1.60. The molecule has 0 spiro atoms. The van der Waals surface area contributed by atoms with E-state index in [4.69, 9.17) is 14.2 Å². The van der Waals surface area contributed by atoms with E-state index in [1.165, 1.54) is 12.8 Å². The molecule has 14 heavy (non-hydrogen) atoms. The van der Waals surface area contributed by atoms with Crippen molar-refractivity contribution < 1.29 is 14.2 Å². The number of nitrogens with one attached hydrogen (secondary N) is 1. The molecule has 0 saturated carbocycles. The second-order valence-corrected chi connectivity index (χ2v) is 3.83. The molecule has 0 amide bonds. The molecule has 1 N–H and O–H groups in total. The van der Waals surface area contributed by atoms with E-state index in [0.717, 1.165) is 32.7 Å². The zero-order valence-corrected chi connectivity index (χ0v) is 8.54. The molecule has 2 atom stereocenters. The van der Waals surface area contributed by atoms with Crippen molar-refractivity contribution >= 4 is 0 Å². The van der Waals surface area contributed by atoms with Crippen LogP contribution in [-0.4, -0.2) is 45.3 Å². The van der Waals surface area contributed by atoms with E-state index < -0.39 is 0 Å². The highest BCUT2D eigenvalue weighted by atomic mass is 16.7. The predicted molar refractivity (Wildman–Crippen MR) is 52.2 cm³/mol. The highest BCUT2D eigenvalue weighted by Gasteiger charge is 2.18. The topological polar surface area (TPSA) is 39.7 Å². The van der Waals surface area contributed by atoms with Crippen LogP contribution in [0.2, 0.25) is 0 Å². The van der Waals surface area contributed by atoms with E-state index in [1.807, 2.05) is 0 Å². The summed E-state index contributed by atoms with van der Waals surface area (Å²) in [5.74, 6) is 0. The average molecular weight is 201 g/mol. The Morgan fingerprint density at radius 3 is 2.93 bits per heavy atom. The molecule has 0 aromatic rings. The van der Waals surface area contributed by atoms with Crippen LogP contribution in [0.25, 0.3) is 0 Å². The van der Waals surface area contributed by atoms with Gasteiger partial charge in [-0.25, -0.2) is 0 Å². The fourth-order valence-electron chi connectivity index (χ4n) is 1.78. The zero-order valence-electron chi connectivity index (χ0n) is 8.54. The fourth-order valence-corrected chi connectivity index (χ4v) is 1.78. The lowest BCUT2D eigenvalue weighted by Crippen LogP contribution is -2.42. The maximum absolute atomic E-state index is 5.64. The van der Waals surface area contributed by atoms with E-state index in [1.54, 1.807) is 0 Å². The zero-order chi connectivity index (χ0) is 9.64. The van der Waals surface area contributed by atoms with Gasteiger partial charge in [0.1, 0.15) is 0 Å². The van der Waals surface area contributed by atoms with Crippen LogP contribution >= 0.6 is 0 Å². The minimum absolute atomic E-state index is 0.00859. The van der Waals surface area contributed by atoms with Crippen molar-refractivity contribution in [3.63, 3.8) is 0 Å². The van der Waals surface area contributed by atoms with Crippen LogP contribution in [0.1, 0.15) is 19.3 Å². The van der Waals surface area contributed by atoms with Crippen LogP contribution in [0.15, 0.2) is 0 Å². The van der Waals surface area contributed by atoms with Gasteiger partial charge in [-0.1, -0.05) is 0 Å². The summed E-state index contributed by atoms with van der Waals surface area (Å²) in [5.41, 5.74) is 0. The third kappa shape index (κ3) is 3.20. The van der Waals surface area contributed by atoms with Gasteiger partial charge in [0.25, 0.3) is 0 Å². The van der Waals surface area contributed by atoms with Gasteiger partial charge < -0.3 is 19.5 Å². The Kier molecular flexibility index (Phi) is 4.19. The molecular weight excluding hydrogens is 182 g/mol. The van der Waals surface area contributed by atoms with Gasteiger partial charge in [0, 0.05) is 19.7 Å². The second kappa shape index (κ2) is 5.66.